The number of piperazine rings is 1. The van der Waals surface area contributed by atoms with E-state index < -0.39 is 0 Å². The largest absolute Gasteiger partial charge is 0.353 e. The highest BCUT2D eigenvalue weighted by Gasteiger charge is 2.23. The molecule has 1 aliphatic rings. The summed E-state index contributed by atoms with van der Waals surface area (Å²) in [6.45, 7) is 3.64. The molecule has 1 fully saturated rings. The molecule has 1 amide bonds. The van der Waals surface area contributed by atoms with Gasteiger partial charge in [-0.2, -0.15) is 0 Å². The summed E-state index contributed by atoms with van der Waals surface area (Å²) in [6.07, 6.45) is 0. The van der Waals surface area contributed by atoms with Gasteiger partial charge in [-0.1, -0.05) is 0 Å². The molecule has 1 aromatic rings. The van der Waals surface area contributed by atoms with Crippen LogP contribution in [0.2, 0.25) is 0 Å². The van der Waals surface area contributed by atoms with E-state index in [-0.39, 0.29) is 11.9 Å². The first-order valence-corrected chi connectivity index (χ1v) is 5.21. The third-order valence-corrected chi connectivity index (χ3v) is 3.00. The minimum atomic E-state index is -0.140. The van der Waals surface area contributed by atoms with Crippen molar-refractivity contribution in [1.82, 2.24) is 10.6 Å². The van der Waals surface area contributed by atoms with Crippen LogP contribution in [0.3, 0.4) is 0 Å². The molecule has 3 nitrogen and oxygen atoms in total. The van der Waals surface area contributed by atoms with Crippen LogP contribution in [0.25, 0.3) is 0 Å². The summed E-state index contributed by atoms with van der Waals surface area (Å²) in [6, 6.07) is 1.92. The zero-order chi connectivity index (χ0) is 9.26. The Morgan fingerprint density at radius 1 is 1.54 bits per heavy atom. The third kappa shape index (κ3) is 1.73. The number of aryl methyl sites for hydroxylation is 1. The SMILES string of the molecule is Cc1cc(C2NCCNC2=O)cs1. The minimum Gasteiger partial charge on any atom is -0.353 e. The van der Waals surface area contributed by atoms with Gasteiger partial charge in [0, 0.05) is 18.0 Å². The predicted octanol–water partition coefficient (Wildman–Crippen LogP) is 0.817. The Kier molecular flexibility index (Phi) is 2.33. The first kappa shape index (κ1) is 8.72. The van der Waals surface area contributed by atoms with E-state index in [0.29, 0.717) is 0 Å². The van der Waals surface area contributed by atoms with E-state index in [1.807, 2.05) is 5.38 Å². The second-order valence-corrected chi connectivity index (χ2v) is 4.28. The molecule has 1 aliphatic heterocycles. The van der Waals surface area contributed by atoms with Crippen LogP contribution < -0.4 is 10.6 Å². The molecule has 0 spiro atoms. The highest BCUT2D eigenvalue weighted by atomic mass is 32.1. The van der Waals surface area contributed by atoms with Crippen molar-refractivity contribution in [2.75, 3.05) is 13.1 Å². The van der Waals surface area contributed by atoms with Crippen molar-refractivity contribution in [3.05, 3.63) is 21.9 Å². The van der Waals surface area contributed by atoms with E-state index in [0.717, 1.165) is 18.7 Å². The van der Waals surface area contributed by atoms with E-state index in [1.54, 1.807) is 11.3 Å². The second-order valence-electron chi connectivity index (χ2n) is 3.17. The fourth-order valence-electron chi connectivity index (χ4n) is 1.48. The van der Waals surface area contributed by atoms with Gasteiger partial charge >= 0.3 is 0 Å². The zero-order valence-electron chi connectivity index (χ0n) is 7.46. The maximum Gasteiger partial charge on any atom is 0.241 e. The van der Waals surface area contributed by atoms with Crippen LogP contribution >= 0.6 is 11.3 Å². The second kappa shape index (κ2) is 3.47. The van der Waals surface area contributed by atoms with Crippen molar-refractivity contribution in [3.8, 4) is 0 Å². The number of hydrogen-bond donors (Lipinski definition) is 2. The molecule has 2 heterocycles. The third-order valence-electron chi connectivity index (χ3n) is 2.12. The molecule has 2 N–H and O–H groups in total. The molecule has 0 bridgehead atoms. The van der Waals surface area contributed by atoms with Gasteiger partial charge in [-0.05, 0) is 23.9 Å². The van der Waals surface area contributed by atoms with Gasteiger partial charge in [0.1, 0.15) is 6.04 Å². The lowest BCUT2D eigenvalue weighted by atomic mass is 10.1. The number of hydrogen-bond acceptors (Lipinski definition) is 3. The van der Waals surface area contributed by atoms with Crippen LogP contribution in [0.1, 0.15) is 16.5 Å². The summed E-state index contributed by atoms with van der Waals surface area (Å²) >= 11 is 1.68. The normalized spacial score (nSPS) is 22.8. The van der Waals surface area contributed by atoms with Crippen LogP contribution in [0.4, 0.5) is 0 Å². The number of nitrogens with one attached hydrogen (secondary N) is 2. The standard InChI is InChI=1S/C9H12N2OS/c1-6-4-7(5-13-6)8-9(12)11-3-2-10-8/h4-5,8,10H,2-3H2,1H3,(H,11,12). The highest BCUT2D eigenvalue weighted by molar-refractivity contribution is 7.10. The summed E-state index contributed by atoms with van der Waals surface area (Å²) in [4.78, 5) is 12.7. The van der Waals surface area contributed by atoms with Gasteiger partial charge in [0.15, 0.2) is 0 Å². The van der Waals surface area contributed by atoms with Crippen LogP contribution in [0.15, 0.2) is 11.4 Å². The molecule has 1 saturated heterocycles. The maximum atomic E-state index is 11.4. The number of thiophene rings is 1. The van der Waals surface area contributed by atoms with Crippen molar-refractivity contribution < 1.29 is 4.79 Å². The number of carbonyl (C=O) groups excluding carboxylic acids is 1. The first-order valence-electron chi connectivity index (χ1n) is 4.33. The maximum absolute atomic E-state index is 11.4. The van der Waals surface area contributed by atoms with E-state index in [1.165, 1.54) is 4.88 Å². The molecule has 0 saturated carbocycles. The zero-order valence-corrected chi connectivity index (χ0v) is 8.28. The summed E-state index contributed by atoms with van der Waals surface area (Å²) in [5, 5.41) is 8.08. The first-order chi connectivity index (χ1) is 6.27. The lowest BCUT2D eigenvalue weighted by Gasteiger charge is -2.22. The van der Waals surface area contributed by atoms with E-state index in [9.17, 15) is 4.79 Å². The van der Waals surface area contributed by atoms with Gasteiger partial charge < -0.3 is 10.6 Å². The average Bonchev–Trinajstić information content (AvgIpc) is 2.53. The van der Waals surface area contributed by atoms with Crippen molar-refractivity contribution in [2.24, 2.45) is 0 Å². The molecule has 0 aromatic carbocycles. The van der Waals surface area contributed by atoms with Crippen LogP contribution in [-0.2, 0) is 4.79 Å². The van der Waals surface area contributed by atoms with Gasteiger partial charge in [-0.25, -0.2) is 0 Å². The lowest BCUT2D eigenvalue weighted by molar-refractivity contribution is -0.124. The molecule has 0 aliphatic carbocycles. The smallest absolute Gasteiger partial charge is 0.241 e. The van der Waals surface area contributed by atoms with Crippen LogP contribution in [0, 0.1) is 6.92 Å². The fourth-order valence-corrected chi connectivity index (χ4v) is 2.21. The highest BCUT2D eigenvalue weighted by Crippen LogP contribution is 2.21. The lowest BCUT2D eigenvalue weighted by Crippen LogP contribution is -2.47. The molecule has 4 heteroatoms. The molecule has 1 aromatic heterocycles. The number of rotatable bonds is 1. The summed E-state index contributed by atoms with van der Waals surface area (Å²) in [5.74, 6) is 0.0871. The molecular weight excluding hydrogens is 184 g/mol. The van der Waals surface area contributed by atoms with Crippen molar-refractivity contribution in [1.29, 1.82) is 0 Å². The van der Waals surface area contributed by atoms with Crippen LogP contribution in [0.5, 0.6) is 0 Å². The van der Waals surface area contributed by atoms with Gasteiger partial charge in [0.25, 0.3) is 0 Å². The summed E-state index contributed by atoms with van der Waals surface area (Å²) in [7, 11) is 0. The Hall–Kier alpha value is -0.870. The molecule has 2 rings (SSSR count). The Balaban J connectivity index is 2.19. The Labute approximate surface area is 81.2 Å². The molecule has 0 radical (unpaired) electrons. The van der Waals surface area contributed by atoms with Crippen molar-refractivity contribution in [3.63, 3.8) is 0 Å². The minimum absolute atomic E-state index is 0.0871. The van der Waals surface area contributed by atoms with Gasteiger partial charge in [-0.3, -0.25) is 4.79 Å². The average molecular weight is 196 g/mol. The van der Waals surface area contributed by atoms with Gasteiger partial charge in [-0.15, -0.1) is 11.3 Å². The number of amides is 1. The predicted molar refractivity (Wildman–Crippen MR) is 52.8 cm³/mol. The van der Waals surface area contributed by atoms with E-state index >= 15 is 0 Å². The van der Waals surface area contributed by atoms with E-state index in [4.69, 9.17) is 0 Å². The monoisotopic (exact) mass is 196 g/mol. The molecule has 13 heavy (non-hydrogen) atoms. The van der Waals surface area contributed by atoms with E-state index in [2.05, 4.69) is 23.6 Å². The van der Waals surface area contributed by atoms with Gasteiger partial charge in [0.05, 0.1) is 0 Å². The summed E-state index contributed by atoms with van der Waals surface area (Å²) < 4.78 is 0. The number of carbonyl (C=O) groups is 1. The Morgan fingerprint density at radius 2 is 2.38 bits per heavy atom. The molecule has 70 valence electrons. The Bertz CT molecular complexity index is 321. The topological polar surface area (TPSA) is 41.1 Å². The van der Waals surface area contributed by atoms with Crippen molar-refractivity contribution in [2.45, 2.75) is 13.0 Å². The Morgan fingerprint density at radius 3 is 3.00 bits per heavy atom. The molecular formula is C9H12N2OS. The summed E-state index contributed by atoms with van der Waals surface area (Å²) in [5.41, 5.74) is 1.08. The molecule has 1 unspecified atom stereocenters. The quantitative estimate of drug-likeness (QED) is 0.698. The van der Waals surface area contributed by atoms with Crippen LogP contribution in [-0.4, -0.2) is 19.0 Å². The van der Waals surface area contributed by atoms with Crippen molar-refractivity contribution >= 4 is 17.2 Å². The van der Waals surface area contributed by atoms with Gasteiger partial charge in [0.2, 0.25) is 5.91 Å². The fraction of sp³-hybridized carbons (Fsp3) is 0.444. The molecule has 1 atom stereocenters.